The van der Waals surface area contributed by atoms with Gasteiger partial charge in [0, 0.05) is 48.4 Å². The third kappa shape index (κ3) is 3.04. The van der Waals surface area contributed by atoms with Crippen molar-refractivity contribution in [1.82, 2.24) is 9.88 Å². The highest BCUT2D eigenvalue weighted by molar-refractivity contribution is 8.14. The number of ether oxygens (including phenoxy) is 1. The Morgan fingerprint density at radius 3 is 2.75 bits per heavy atom. The van der Waals surface area contributed by atoms with Gasteiger partial charge in [-0.2, -0.15) is 0 Å². The second kappa shape index (κ2) is 7.32. The maximum atomic E-state index is 5.89. The van der Waals surface area contributed by atoms with E-state index in [1.54, 1.807) is 7.11 Å². The number of anilines is 1. The van der Waals surface area contributed by atoms with Gasteiger partial charge in [0.15, 0.2) is 5.17 Å². The molecular weight excluding hydrogens is 368 g/mol. The lowest BCUT2D eigenvalue weighted by atomic mass is 9.95. The van der Waals surface area contributed by atoms with Gasteiger partial charge in [-0.3, -0.25) is 9.98 Å². The maximum absolute atomic E-state index is 5.89. The van der Waals surface area contributed by atoms with Gasteiger partial charge in [0.05, 0.1) is 18.8 Å². The smallest absolute Gasteiger partial charge is 0.160 e. The molecule has 0 saturated carbocycles. The third-order valence-corrected chi connectivity index (χ3v) is 6.99. The minimum absolute atomic E-state index is 0.00253. The number of rotatable bonds is 4. The molecule has 6 heteroatoms. The van der Waals surface area contributed by atoms with E-state index in [9.17, 15) is 0 Å². The van der Waals surface area contributed by atoms with Crippen molar-refractivity contribution >= 4 is 22.6 Å². The highest BCUT2D eigenvalue weighted by Crippen LogP contribution is 2.50. The van der Waals surface area contributed by atoms with Gasteiger partial charge in [0.2, 0.25) is 0 Å². The molecule has 0 radical (unpaired) electrons. The Kier molecular flexibility index (Phi) is 4.67. The molecule has 0 N–H and O–H groups in total. The summed E-state index contributed by atoms with van der Waals surface area (Å²) < 4.78 is 5.89. The summed E-state index contributed by atoms with van der Waals surface area (Å²) in [6.07, 6.45) is 4.41. The number of thioether (sulfide) groups is 1. The molecule has 0 aliphatic carbocycles. The first kappa shape index (κ1) is 17.9. The summed E-state index contributed by atoms with van der Waals surface area (Å²) in [5, 5.41) is 1.69. The van der Waals surface area contributed by atoms with Crippen molar-refractivity contribution in [2.45, 2.75) is 37.1 Å². The first-order valence-corrected chi connectivity index (χ1v) is 11.0. The number of pyridine rings is 1. The van der Waals surface area contributed by atoms with Crippen LogP contribution in [0.2, 0.25) is 0 Å². The molecular formula is C22H26N4OS. The van der Waals surface area contributed by atoms with Crippen molar-refractivity contribution in [3.63, 3.8) is 0 Å². The zero-order valence-corrected chi connectivity index (χ0v) is 17.2. The summed E-state index contributed by atoms with van der Waals surface area (Å²) in [5.41, 5.74) is 3.48. The molecule has 3 aliphatic rings. The molecule has 3 atom stereocenters. The Morgan fingerprint density at radius 1 is 1.14 bits per heavy atom. The molecule has 5 rings (SSSR count). The molecule has 146 valence electrons. The monoisotopic (exact) mass is 394 g/mol. The molecule has 2 aromatic rings. The molecule has 2 saturated heterocycles. The Labute approximate surface area is 170 Å². The minimum Gasteiger partial charge on any atom is -0.496 e. The molecule has 0 bridgehead atoms. The number of fused-ring (bicyclic) bond motifs is 1. The van der Waals surface area contributed by atoms with Gasteiger partial charge in [-0.1, -0.05) is 30.8 Å². The zero-order valence-electron chi connectivity index (χ0n) is 16.4. The third-order valence-electron chi connectivity index (χ3n) is 5.89. The van der Waals surface area contributed by atoms with Crippen LogP contribution in [0.3, 0.4) is 0 Å². The number of methoxy groups -OCH3 is 1. The zero-order chi connectivity index (χ0) is 19.1. The van der Waals surface area contributed by atoms with E-state index in [2.05, 4.69) is 46.0 Å². The number of amidine groups is 1. The van der Waals surface area contributed by atoms with E-state index in [4.69, 9.17) is 9.73 Å². The highest BCUT2D eigenvalue weighted by Gasteiger charge is 2.44. The van der Waals surface area contributed by atoms with Gasteiger partial charge < -0.3 is 14.5 Å². The van der Waals surface area contributed by atoms with Gasteiger partial charge in [0.25, 0.3) is 0 Å². The Hall–Kier alpha value is -2.21. The predicted molar refractivity (Wildman–Crippen MR) is 115 cm³/mol. The lowest BCUT2D eigenvalue weighted by Gasteiger charge is -2.29. The minimum atomic E-state index is 0.00253. The van der Waals surface area contributed by atoms with Crippen LogP contribution in [0, 0.1) is 0 Å². The van der Waals surface area contributed by atoms with Gasteiger partial charge in [-0.15, -0.1) is 0 Å². The van der Waals surface area contributed by atoms with Gasteiger partial charge in [0.1, 0.15) is 11.8 Å². The Bertz CT molecular complexity index is 881. The van der Waals surface area contributed by atoms with E-state index in [-0.39, 0.29) is 12.1 Å². The van der Waals surface area contributed by atoms with Crippen LogP contribution >= 0.6 is 11.8 Å². The van der Waals surface area contributed by atoms with Crippen molar-refractivity contribution in [2.75, 3.05) is 31.6 Å². The number of hydrogen-bond acceptors (Lipinski definition) is 6. The molecule has 28 heavy (non-hydrogen) atoms. The Morgan fingerprint density at radius 2 is 2.00 bits per heavy atom. The van der Waals surface area contributed by atoms with Crippen LogP contribution in [0.5, 0.6) is 5.75 Å². The van der Waals surface area contributed by atoms with Crippen LogP contribution in [-0.2, 0) is 0 Å². The molecule has 5 nitrogen and oxygen atoms in total. The number of benzene rings is 1. The first-order chi connectivity index (χ1) is 13.7. The van der Waals surface area contributed by atoms with Crippen LogP contribution in [0.4, 0.5) is 5.69 Å². The van der Waals surface area contributed by atoms with E-state index < -0.39 is 0 Å². The van der Waals surface area contributed by atoms with E-state index >= 15 is 0 Å². The highest BCUT2D eigenvalue weighted by atomic mass is 32.2. The number of hydrogen-bond donors (Lipinski definition) is 0. The van der Waals surface area contributed by atoms with Gasteiger partial charge >= 0.3 is 0 Å². The van der Waals surface area contributed by atoms with Crippen LogP contribution in [-0.4, -0.2) is 47.0 Å². The van der Waals surface area contributed by atoms with Crippen molar-refractivity contribution in [2.24, 2.45) is 4.99 Å². The summed E-state index contributed by atoms with van der Waals surface area (Å²) in [7, 11) is 1.78. The Balaban J connectivity index is 1.55. The van der Waals surface area contributed by atoms with Crippen LogP contribution in [0.25, 0.3) is 0 Å². The molecule has 2 fully saturated rings. The summed E-state index contributed by atoms with van der Waals surface area (Å²) in [6, 6.07) is 12.9. The average molecular weight is 395 g/mol. The van der Waals surface area contributed by atoms with Gasteiger partial charge in [-0.05, 0) is 31.0 Å². The summed E-state index contributed by atoms with van der Waals surface area (Å²) in [5.74, 6) is 0.955. The molecule has 0 amide bonds. The molecule has 1 aromatic carbocycles. The number of aliphatic imine (C=N–C) groups is 1. The van der Waals surface area contributed by atoms with E-state index in [0.717, 1.165) is 36.2 Å². The van der Waals surface area contributed by atoms with E-state index in [1.807, 2.05) is 30.1 Å². The SMILES string of the molecule is COc1cc(N2CCCC2)ccc1C1C(c2ccccn2)N=C2SC(C)CN21. The van der Waals surface area contributed by atoms with Crippen LogP contribution in [0.1, 0.15) is 43.1 Å². The fourth-order valence-corrected chi connectivity index (χ4v) is 5.66. The largest absolute Gasteiger partial charge is 0.496 e. The lowest BCUT2D eigenvalue weighted by Crippen LogP contribution is -2.29. The fourth-order valence-electron chi connectivity index (χ4n) is 4.57. The van der Waals surface area contributed by atoms with Gasteiger partial charge in [-0.25, -0.2) is 0 Å². The topological polar surface area (TPSA) is 41.0 Å². The average Bonchev–Trinajstić information content (AvgIpc) is 3.44. The maximum Gasteiger partial charge on any atom is 0.160 e. The van der Waals surface area contributed by atoms with Crippen molar-refractivity contribution in [1.29, 1.82) is 0 Å². The normalized spacial score (nSPS) is 26.5. The quantitative estimate of drug-likeness (QED) is 0.774. The second-order valence-electron chi connectivity index (χ2n) is 7.76. The summed E-state index contributed by atoms with van der Waals surface area (Å²) >= 11 is 1.87. The molecule has 3 unspecified atom stereocenters. The van der Waals surface area contributed by atoms with Crippen LogP contribution in [0.15, 0.2) is 47.6 Å². The standard InChI is InChI=1S/C22H26N4OS/c1-15-14-26-21(20(24-22(26)28-15)18-7-3-4-10-23-18)17-9-8-16(13-19(17)27-2)25-11-5-6-12-25/h3-4,7-10,13,15,20-21H,5-6,11-12,14H2,1-2H3. The van der Waals surface area contributed by atoms with Crippen molar-refractivity contribution < 1.29 is 4.74 Å². The second-order valence-corrected chi connectivity index (χ2v) is 9.16. The molecule has 0 spiro atoms. The predicted octanol–water partition coefficient (Wildman–Crippen LogP) is 4.28. The number of nitrogens with zero attached hydrogens (tertiary/aromatic N) is 4. The van der Waals surface area contributed by atoms with E-state index in [1.165, 1.54) is 24.1 Å². The number of aromatic nitrogens is 1. The summed E-state index contributed by atoms with van der Waals surface area (Å²) in [6.45, 7) is 5.55. The van der Waals surface area contributed by atoms with E-state index in [0.29, 0.717) is 5.25 Å². The molecule has 3 aliphatic heterocycles. The fraction of sp³-hybridized carbons (Fsp3) is 0.455. The molecule has 4 heterocycles. The lowest BCUT2D eigenvalue weighted by molar-refractivity contribution is 0.307. The van der Waals surface area contributed by atoms with Crippen LogP contribution < -0.4 is 9.64 Å². The first-order valence-electron chi connectivity index (χ1n) is 10.1. The van der Waals surface area contributed by atoms with Crippen molar-refractivity contribution in [3.05, 3.63) is 53.9 Å². The molecule has 1 aromatic heterocycles. The van der Waals surface area contributed by atoms with Crippen molar-refractivity contribution in [3.8, 4) is 5.75 Å². The summed E-state index contributed by atoms with van der Waals surface area (Å²) in [4.78, 5) is 14.6.